The van der Waals surface area contributed by atoms with Gasteiger partial charge in [-0.3, -0.25) is 9.59 Å². The van der Waals surface area contributed by atoms with Gasteiger partial charge in [-0.05, 0) is 25.5 Å². The van der Waals surface area contributed by atoms with Crippen LogP contribution in [0.2, 0.25) is 0 Å². The summed E-state index contributed by atoms with van der Waals surface area (Å²) >= 11 is 0. The van der Waals surface area contributed by atoms with E-state index in [2.05, 4.69) is 10.4 Å². The van der Waals surface area contributed by atoms with Gasteiger partial charge < -0.3 is 10.1 Å². The van der Waals surface area contributed by atoms with Crippen LogP contribution in [0.4, 0.5) is 0 Å². The van der Waals surface area contributed by atoms with Crippen molar-refractivity contribution in [2.45, 2.75) is 39.3 Å². The average Bonchev–Trinajstić information content (AvgIpc) is 2.60. The van der Waals surface area contributed by atoms with Crippen LogP contribution in [0.5, 0.6) is 5.75 Å². The van der Waals surface area contributed by atoms with E-state index in [1.165, 1.54) is 16.8 Å². The van der Waals surface area contributed by atoms with E-state index in [0.29, 0.717) is 12.3 Å². The lowest BCUT2D eigenvalue weighted by Gasteiger charge is -2.17. The van der Waals surface area contributed by atoms with Crippen molar-refractivity contribution in [3.63, 3.8) is 0 Å². The number of hydrogen-bond acceptors (Lipinski definition) is 4. The van der Waals surface area contributed by atoms with E-state index in [9.17, 15) is 9.59 Å². The highest BCUT2D eigenvalue weighted by Crippen LogP contribution is 2.24. The number of nitrogens with zero attached hydrogens (tertiary/aromatic N) is 2. The fourth-order valence-electron chi connectivity index (χ4n) is 2.41. The Bertz CT molecular complexity index is 755. The molecule has 128 valence electrons. The molecule has 0 spiro atoms. The van der Waals surface area contributed by atoms with Crippen molar-refractivity contribution < 1.29 is 9.53 Å². The van der Waals surface area contributed by atoms with Crippen molar-refractivity contribution in [2.75, 3.05) is 7.11 Å². The number of rotatable bonds is 7. The van der Waals surface area contributed by atoms with Gasteiger partial charge >= 0.3 is 0 Å². The number of unbranched alkanes of at least 4 members (excludes halogenated alkanes) is 1. The number of benzene rings is 1. The quantitative estimate of drug-likeness (QED) is 0.847. The first kappa shape index (κ1) is 17.7. The zero-order chi connectivity index (χ0) is 17.5. The van der Waals surface area contributed by atoms with Crippen molar-refractivity contribution in [3.05, 3.63) is 58.0 Å². The summed E-state index contributed by atoms with van der Waals surface area (Å²) in [6, 6.07) is 10.1. The van der Waals surface area contributed by atoms with Gasteiger partial charge in [-0.2, -0.15) is 5.10 Å². The molecule has 0 aliphatic heterocycles. The molecule has 6 nitrogen and oxygen atoms in total. The molecular formula is C18H23N3O3. The van der Waals surface area contributed by atoms with Crippen LogP contribution in [0.25, 0.3) is 0 Å². The van der Waals surface area contributed by atoms with E-state index >= 15 is 0 Å². The third-order valence-electron chi connectivity index (χ3n) is 3.78. The van der Waals surface area contributed by atoms with E-state index in [0.717, 1.165) is 18.4 Å². The molecule has 6 heteroatoms. The molecule has 0 aliphatic carbocycles. The monoisotopic (exact) mass is 329 g/mol. The van der Waals surface area contributed by atoms with Gasteiger partial charge in [0, 0.05) is 18.2 Å². The van der Waals surface area contributed by atoms with Crippen molar-refractivity contribution in [1.29, 1.82) is 0 Å². The third-order valence-corrected chi connectivity index (χ3v) is 3.78. The second-order valence-electron chi connectivity index (χ2n) is 5.57. The van der Waals surface area contributed by atoms with Gasteiger partial charge in [-0.25, -0.2) is 4.68 Å². The highest BCUT2D eigenvalue weighted by Gasteiger charge is 2.16. The summed E-state index contributed by atoms with van der Waals surface area (Å²) < 4.78 is 6.66. The molecule has 0 radical (unpaired) electrons. The summed E-state index contributed by atoms with van der Waals surface area (Å²) in [6.45, 7) is 4.43. The minimum Gasteiger partial charge on any atom is -0.496 e. The summed E-state index contributed by atoms with van der Waals surface area (Å²) in [5.74, 6) is 0.393. The molecule has 1 heterocycles. The van der Waals surface area contributed by atoms with Crippen LogP contribution in [0.15, 0.2) is 41.2 Å². The molecule has 1 unspecified atom stereocenters. The first-order valence-electron chi connectivity index (χ1n) is 8.08. The van der Waals surface area contributed by atoms with Gasteiger partial charge in [-0.15, -0.1) is 0 Å². The highest BCUT2D eigenvalue weighted by molar-refractivity contribution is 5.92. The number of hydrogen-bond donors (Lipinski definition) is 1. The largest absolute Gasteiger partial charge is 0.496 e. The molecule has 0 saturated carbocycles. The second kappa shape index (κ2) is 8.29. The minimum absolute atomic E-state index is 0.197. The summed E-state index contributed by atoms with van der Waals surface area (Å²) in [6.07, 6.45) is 1.80. The normalized spacial score (nSPS) is 11.8. The lowest BCUT2D eigenvalue weighted by atomic mass is 10.1. The molecule has 0 bridgehead atoms. The first-order valence-corrected chi connectivity index (χ1v) is 8.08. The molecule has 1 N–H and O–H groups in total. The van der Waals surface area contributed by atoms with Crippen molar-refractivity contribution in [1.82, 2.24) is 15.1 Å². The van der Waals surface area contributed by atoms with E-state index < -0.39 is 0 Å². The van der Waals surface area contributed by atoms with E-state index in [1.54, 1.807) is 7.11 Å². The van der Waals surface area contributed by atoms with Crippen molar-refractivity contribution in [2.24, 2.45) is 0 Å². The predicted octanol–water partition coefficient (Wildman–Crippen LogP) is 2.54. The van der Waals surface area contributed by atoms with Crippen LogP contribution in [0, 0.1) is 0 Å². The Hall–Kier alpha value is -2.63. The molecule has 1 aromatic carbocycles. The Balaban J connectivity index is 2.16. The number of methoxy groups -OCH3 is 1. The standard InChI is InChI=1S/C18H23N3O3/c1-4-5-12-21-17(22)11-10-15(20-21)18(23)19-13(2)14-8-6-7-9-16(14)24-3/h6-11,13H,4-5,12H2,1-3H3,(H,19,23). The maximum Gasteiger partial charge on any atom is 0.272 e. The second-order valence-corrected chi connectivity index (χ2v) is 5.57. The molecule has 2 aromatic rings. The van der Waals surface area contributed by atoms with E-state index in [1.807, 2.05) is 38.1 Å². The van der Waals surface area contributed by atoms with E-state index in [-0.39, 0.29) is 23.2 Å². The SMILES string of the molecule is CCCCn1nc(C(=O)NC(C)c2ccccc2OC)ccc1=O. The molecule has 0 saturated heterocycles. The number of para-hydroxylation sites is 1. The molecule has 24 heavy (non-hydrogen) atoms. The maximum absolute atomic E-state index is 12.4. The van der Waals surface area contributed by atoms with Gasteiger partial charge in [0.2, 0.25) is 0 Å². The smallest absolute Gasteiger partial charge is 0.272 e. The van der Waals surface area contributed by atoms with Crippen LogP contribution in [-0.4, -0.2) is 22.8 Å². The molecule has 0 aliphatic rings. The highest BCUT2D eigenvalue weighted by atomic mass is 16.5. The number of ether oxygens (including phenoxy) is 1. The average molecular weight is 329 g/mol. The lowest BCUT2D eigenvalue weighted by molar-refractivity contribution is 0.0931. The van der Waals surface area contributed by atoms with Gasteiger partial charge in [0.25, 0.3) is 11.5 Å². The van der Waals surface area contributed by atoms with Crippen LogP contribution in [-0.2, 0) is 6.54 Å². The molecular weight excluding hydrogens is 306 g/mol. The molecule has 1 amide bonds. The Morgan fingerprint density at radius 1 is 1.29 bits per heavy atom. The molecule has 2 rings (SSSR count). The molecule has 0 fully saturated rings. The zero-order valence-corrected chi connectivity index (χ0v) is 14.3. The Labute approximate surface area is 141 Å². The van der Waals surface area contributed by atoms with Gasteiger partial charge in [0.05, 0.1) is 13.2 Å². The Morgan fingerprint density at radius 2 is 2.04 bits per heavy atom. The topological polar surface area (TPSA) is 73.2 Å². The van der Waals surface area contributed by atoms with Gasteiger partial charge in [-0.1, -0.05) is 31.5 Å². The summed E-state index contributed by atoms with van der Waals surface area (Å²) in [7, 11) is 1.60. The fourth-order valence-corrected chi connectivity index (χ4v) is 2.41. The number of aromatic nitrogens is 2. The minimum atomic E-state index is -0.321. The van der Waals surface area contributed by atoms with Crippen molar-refractivity contribution in [3.8, 4) is 5.75 Å². The maximum atomic E-state index is 12.4. The Morgan fingerprint density at radius 3 is 2.75 bits per heavy atom. The van der Waals surface area contributed by atoms with Crippen LogP contribution >= 0.6 is 0 Å². The fraction of sp³-hybridized carbons (Fsp3) is 0.389. The number of nitrogens with one attached hydrogen (secondary N) is 1. The molecule has 1 aromatic heterocycles. The number of carbonyl (C=O) groups excluding carboxylic acids is 1. The summed E-state index contributed by atoms with van der Waals surface area (Å²) in [5.41, 5.74) is 0.915. The third kappa shape index (κ3) is 4.22. The number of carbonyl (C=O) groups is 1. The first-order chi connectivity index (χ1) is 11.6. The zero-order valence-electron chi connectivity index (χ0n) is 14.3. The van der Waals surface area contributed by atoms with E-state index in [4.69, 9.17) is 4.74 Å². The van der Waals surface area contributed by atoms with Gasteiger partial charge in [0.15, 0.2) is 0 Å². The summed E-state index contributed by atoms with van der Waals surface area (Å²) in [4.78, 5) is 24.2. The number of aryl methyl sites for hydroxylation is 1. The van der Waals surface area contributed by atoms with Crippen LogP contribution < -0.4 is 15.6 Å². The Kier molecular flexibility index (Phi) is 6.12. The van der Waals surface area contributed by atoms with Crippen LogP contribution in [0.3, 0.4) is 0 Å². The summed E-state index contributed by atoms with van der Waals surface area (Å²) in [5, 5.41) is 7.05. The lowest BCUT2D eigenvalue weighted by Crippen LogP contribution is -2.31. The van der Waals surface area contributed by atoms with Crippen LogP contribution in [0.1, 0.15) is 48.8 Å². The molecule has 1 atom stereocenters. The predicted molar refractivity (Wildman–Crippen MR) is 92.3 cm³/mol. The van der Waals surface area contributed by atoms with Gasteiger partial charge in [0.1, 0.15) is 11.4 Å². The van der Waals surface area contributed by atoms with Crippen molar-refractivity contribution >= 4 is 5.91 Å². The number of amides is 1.